The van der Waals surface area contributed by atoms with Gasteiger partial charge in [-0.15, -0.1) is 0 Å². The molecule has 0 spiro atoms. The lowest BCUT2D eigenvalue weighted by Gasteiger charge is -2.29. The van der Waals surface area contributed by atoms with Gasteiger partial charge in [-0.25, -0.2) is 4.79 Å². The van der Waals surface area contributed by atoms with E-state index in [1.165, 1.54) is 6.07 Å². The molecule has 2 atom stereocenters. The lowest BCUT2D eigenvalue weighted by molar-refractivity contribution is -0.119. The van der Waals surface area contributed by atoms with Crippen LogP contribution >= 0.6 is 31.9 Å². The van der Waals surface area contributed by atoms with E-state index in [4.69, 9.17) is 0 Å². The summed E-state index contributed by atoms with van der Waals surface area (Å²) in [5.74, 6) is -1.06. The average molecular weight is 420 g/mol. The topological polar surface area (TPSA) is 78.4 Å². The molecule has 0 aromatic heterocycles. The third kappa shape index (κ3) is 3.84. The van der Waals surface area contributed by atoms with Crippen LogP contribution in [0.4, 0.5) is 5.69 Å². The van der Waals surface area contributed by atoms with Crippen LogP contribution in [0.15, 0.2) is 21.1 Å². The van der Waals surface area contributed by atoms with Crippen molar-refractivity contribution < 1.29 is 14.7 Å². The Labute approximate surface area is 139 Å². The molecule has 1 heterocycles. The number of nitrogens with one attached hydrogen (secondary N) is 2. The van der Waals surface area contributed by atoms with E-state index in [0.717, 1.165) is 19.4 Å². The molecule has 1 saturated heterocycles. The summed E-state index contributed by atoms with van der Waals surface area (Å²) in [6, 6.07) is 2.89. The molecule has 1 fully saturated rings. The van der Waals surface area contributed by atoms with Gasteiger partial charge in [0, 0.05) is 8.95 Å². The number of carboxylic acid groups (broad SMARTS) is 1. The number of carboxylic acids is 1. The van der Waals surface area contributed by atoms with Gasteiger partial charge >= 0.3 is 5.97 Å². The molecular formula is C14H16Br2N2O3. The van der Waals surface area contributed by atoms with Gasteiger partial charge in [-0.3, -0.25) is 4.79 Å². The Bertz CT molecular complexity index is 578. The normalized spacial score (nSPS) is 21.9. The number of rotatable bonds is 3. The Morgan fingerprint density at radius 1 is 1.38 bits per heavy atom. The van der Waals surface area contributed by atoms with Gasteiger partial charge in [0.05, 0.1) is 17.3 Å². The standard InChI is InChI=1S/C14H16Br2N2O3/c1-7-3-2-4-17-11(7)13(19)18-12-9(14(20)21)5-8(15)6-10(12)16/h5-7,11,17H,2-4H2,1H3,(H,18,19)(H,20,21). The summed E-state index contributed by atoms with van der Waals surface area (Å²) in [6.45, 7) is 2.82. The van der Waals surface area contributed by atoms with Gasteiger partial charge in [-0.1, -0.05) is 22.9 Å². The highest BCUT2D eigenvalue weighted by atomic mass is 79.9. The van der Waals surface area contributed by atoms with Crippen molar-refractivity contribution in [2.45, 2.75) is 25.8 Å². The van der Waals surface area contributed by atoms with E-state index in [-0.39, 0.29) is 29.1 Å². The maximum atomic E-state index is 12.4. The zero-order valence-corrected chi connectivity index (χ0v) is 14.6. The first kappa shape index (κ1) is 16.5. The molecule has 7 heteroatoms. The van der Waals surface area contributed by atoms with Gasteiger partial charge in [-0.05, 0) is 53.4 Å². The Balaban J connectivity index is 2.26. The van der Waals surface area contributed by atoms with Crippen molar-refractivity contribution >= 4 is 49.4 Å². The second-order valence-electron chi connectivity index (χ2n) is 5.16. The number of carbonyl (C=O) groups excluding carboxylic acids is 1. The molecule has 0 radical (unpaired) electrons. The zero-order chi connectivity index (χ0) is 15.6. The molecule has 1 aliphatic rings. The van der Waals surface area contributed by atoms with E-state index < -0.39 is 5.97 Å². The maximum absolute atomic E-state index is 12.4. The SMILES string of the molecule is CC1CCCNC1C(=O)Nc1c(Br)cc(Br)cc1C(=O)O. The van der Waals surface area contributed by atoms with Gasteiger partial charge in [0.25, 0.3) is 0 Å². The number of halogens is 2. The molecule has 21 heavy (non-hydrogen) atoms. The third-order valence-electron chi connectivity index (χ3n) is 3.59. The van der Waals surface area contributed by atoms with E-state index >= 15 is 0 Å². The number of anilines is 1. The number of piperidine rings is 1. The van der Waals surface area contributed by atoms with Crippen LogP contribution < -0.4 is 10.6 Å². The monoisotopic (exact) mass is 418 g/mol. The van der Waals surface area contributed by atoms with Gasteiger partial charge in [0.1, 0.15) is 0 Å². The van der Waals surface area contributed by atoms with E-state index in [2.05, 4.69) is 42.5 Å². The predicted octanol–water partition coefficient (Wildman–Crippen LogP) is 3.24. The number of aromatic carboxylic acids is 1. The van der Waals surface area contributed by atoms with Crippen molar-refractivity contribution in [3.05, 3.63) is 26.6 Å². The molecule has 0 bridgehead atoms. The molecule has 3 N–H and O–H groups in total. The van der Waals surface area contributed by atoms with Crippen molar-refractivity contribution in [1.29, 1.82) is 0 Å². The fraction of sp³-hybridized carbons (Fsp3) is 0.429. The number of hydrogen-bond acceptors (Lipinski definition) is 3. The van der Waals surface area contributed by atoms with Crippen LogP contribution in [0.1, 0.15) is 30.1 Å². The summed E-state index contributed by atoms with van der Waals surface area (Å²) < 4.78 is 1.17. The second-order valence-corrected chi connectivity index (χ2v) is 6.93. The molecular weight excluding hydrogens is 404 g/mol. The molecule has 2 rings (SSSR count). The average Bonchev–Trinajstić information content (AvgIpc) is 2.41. The van der Waals surface area contributed by atoms with Crippen LogP contribution in [0.5, 0.6) is 0 Å². The van der Waals surface area contributed by atoms with Crippen LogP contribution in [0.2, 0.25) is 0 Å². The predicted molar refractivity (Wildman–Crippen MR) is 87.6 cm³/mol. The molecule has 2 unspecified atom stereocenters. The van der Waals surface area contributed by atoms with E-state index in [0.29, 0.717) is 8.95 Å². The molecule has 0 aliphatic carbocycles. The largest absolute Gasteiger partial charge is 0.478 e. The van der Waals surface area contributed by atoms with Crippen molar-refractivity contribution in [2.75, 3.05) is 11.9 Å². The van der Waals surface area contributed by atoms with Crippen LogP contribution in [-0.4, -0.2) is 29.6 Å². The maximum Gasteiger partial charge on any atom is 0.337 e. The first-order valence-corrected chi connectivity index (χ1v) is 8.25. The van der Waals surface area contributed by atoms with Crippen molar-refractivity contribution in [1.82, 2.24) is 5.32 Å². The third-order valence-corrected chi connectivity index (χ3v) is 4.67. The summed E-state index contributed by atoms with van der Waals surface area (Å²) in [5.41, 5.74) is 0.336. The first-order valence-electron chi connectivity index (χ1n) is 6.66. The number of carbonyl (C=O) groups is 2. The fourth-order valence-corrected chi connectivity index (χ4v) is 3.80. The number of amides is 1. The number of benzene rings is 1. The quantitative estimate of drug-likeness (QED) is 0.702. The minimum Gasteiger partial charge on any atom is -0.478 e. The Hall–Kier alpha value is -0.920. The van der Waals surface area contributed by atoms with Gasteiger partial charge in [0.15, 0.2) is 0 Å². The van der Waals surface area contributed by atoms with Gasteiger partial charge in [-0.2, -0.15) is 0 Å². The Kier molecular flexibility index (Phi) is 5.40. The fourth-order valence-electron chi connectivity index (χ4n) is 2.47. The lowest BCUT2D eigenvalue weighted by Crippen LogP contribution is -2.48. The summed E-state index contributed by atoms with van der Waals surface area (Å²) in [5, 5.41) is 15.2. The highest BCUT2D eigenvalue weighted by Gasteiger charge is 2.28. The minimum atomic E-state index is -1.09. The summed E-state index contributed by atoms with van der Waals surface area (Å²) in [6.07, 6.45) is 2.03. The highest BCUT2D eigenvalue weighted by Crippen LogP contribution is 2.31. The molecule has 114 valence electrons. The molecule has 1 aromatic carbocycles. The Morgan fingerprint density at radius 2 is 2.10 bits per heavy atom. The number of hydrogen-bond donors (Lipinski definition) is 3. The molecule has 1 amide bonds. The van der Waals surface area contributed by atoms with Gasteiger partial charge < -0.3 is 15.7 Å². The van der Waals surface area contributed by atoms with Crippen LogP contribution in [0, 0.1) is 5.92 Å². The highest BCUT2D eigenvalue weighted by molar-refractivity contribution is 9.11. The van der Waals surface area contributed by atoms with Crippen LogP contribution in [-0.2, 0) is 4.79 Å². The molecule has 0 saturated carbocycles. The second kappa shape index (κ2) is 6.89. The van der Waals surface area contributed by atoms with E-state index in [1.807, 2.05) is 6.92 Å². The summed E-state index contributed by atoms with van der Waals surface area (Å²) in [4.78, 5) is 23.7. The van der Waals surface area contributed by atoms with Crippen molar-refractivity contribution in [3.8, 4) is 0 Å². The molecule has 1 aromatic rings. The molecule has 1 aliphatic heterocycles. The smallest absolute Gasteiger partial charge is 0.337 e. The summed E-state index contributed by atoms with van der Waals surface area (Å²) in [7, 11) is 0. The van der Waals surface area contributed by atoms with Crippen molar-refractivity contribution in [2.24, 2.45) is 5.92 Å². The molecule has 5 nitrogen and oxygen atoms in total. The van der Waals surface area contributed by atoms with E-state index in [1.54, 1.807) is 6.07 Å². The minimum absolute atomic E-state index is 0.0491. The van der Waals surface area contributed by atoms with Crippen LogP contribution in [0.25, 0.3) is 0 Å². The lowest BCUT2D eigenvalue weighted by atomic mass is 9.92. The zero-order valence-electron chi connectivity index (χ0n) is 11.5. The first-order chi connectivity index (χ1) is 9.90. The van der Waals surface area contributed by atoms with Crippen molar-refractivity contribution in [3.63, 3.8) is 0 Å². The Morgan fingerprint density at radius 3 is 2.71 bits per heavy atom. The van der Waals surface area contributed by atoms with Crippen LogP contribution in [0.3, 0.4) is 0 Å². The van der Waals surface area contributed by atoms with E-state index in [9.17, 15) is 14.7 Å². The van der Waals surface area contributed by atoms with Gasteiger partial charge in [0.2, 0.25) is 5.91 Å². The summed E-state index contributed by atoms with van der Waals surface area (Å²) >= 11 is 6.55.